The Labute approximate surface area is 221 Å². The van der Waals surface area contributed by atoms with Gasteiger partial charge in [-0.25, -0.2) is 9.97 Å². The molecule has 0 bridgehead atoms. The predicted molar refractivity (Wildman–Crippen MR) is 157 cm³/mol. The Hall–Kier alpha value is -5.02. The summed E-state index contributed by atoms with van der Waals surface area (Å²) in [5, 5.41) is 2.46. The van der Waals surface area contributed by atoms with Crippen LogP contribution in [-0.2, 0) is 0 Å². The monoisotopic (exact) mass is 487 g/mol. The minimum atomic E-state index is 0.726. The van der Waals surface area contributed by atoms with Crippen LogP contribution < -0.4 is 0 Å². The molecule has 0 amide bonds. The Balaban J connectivity index is 1.48. The van der Waals surface area contributed by atoms with Crippen LogP contribution in [0.1, 0.15) is 5.56 Å². The van der Waals surface area contributed by atoms with Gasteiger partial charge in [-0.2, -0.15) is 0 Å². The van der Waals surface area contributed by atoms with Crippen LogP contribution in [0.25, 0.3) is 61.4 Å². The van der Waals surface area contributed by atoms with E-state index in [0.29, 0.717) is 0 Å². The van der Waals surface area contributed by atoms with E-state index in [1.165, 1.54) is 27.4 Å². The average Bonchev–Trinajstić information content (AvgIpc) is 3.31. The van der Waals surface area contributed by atoms with E-state index in [4.69, 9.17) is 9.97 Å². The first-order valence-electron chi connectivity index (χ1n) is 12.9. The zero-order valence-electron chi connectivity index (χ0n) is 21.0. The molecule has 0 aliphatic rings. The third-order valence-corrected chi connectivity index (χ3v) is 7.06. The summed E-state index contributed by atoms with van der Waals surface area (Å²) in [6.07, 6.45) is 0. The van der Waals surface area contributed by atoms with Crippen LogP contribution in [0.3, 0.4) is 0 Å². The Kier molecular flexibility index (Phi) is 5.33. The Morgan fingerprint density at radius 2 is 1.03 bits per heavy atom. The lowest BCUT2D eigenvalue weighted by Crippen LogP contribution is -1.96. The van der Waals surface area contributed by atoms with Crippen LogP contribution in [0.5, 0.6) is 0 Å². The lowest BCUT2D eigenvalue weighted by atomic mass is 10.0. The Morgan fingerprint density at radius 3 is 1.71 bits per heavy atom. The van der Waals surface area contributed by atoms with Gasteiger partial charge in [0.05, 0.1) is 22.4 Å². The minimum absolute atomic E-state index is 0.726. The van der Waals surface area contributed by atoms with Crippen molar-refractivity contribution in [1.29, 1.82) is 0 Å². The van der Waals surface area contributed by atoms with E-state index in [0.717, 1.165) is 39.6 Å². The van der Waals surface area contributed by atoms with Crippen LogP contribution in [0.2, 0.25) is 0 Å². The molecule has 0 spiro atoms. The number of aryl methyl sites for hydroxylation is 1. The van der Waals surface area contributed by atoms with Crippen molar-refractivity contribution in [2.75, 3.05) is 0 Å². The molecule has 7 rings (SSSR count). The summed E-state index contributed by atoms with van der Waals surface area (Å²) >= 11 is 0. The predicted octanol–water partition coefficient (Wildman–Crippen LogP) is 8.88. The van der Waals surface area contributed by atoms with E-state index in [9.17, 15) is 0 Å². The second-order valence-electron chi connectivity index (χ2n) is 9.62. The molecule has 180 valence electrons. The molecule has 3 heteroatoms. The van der Waals surface area contributed by atoms with Crippen molar-refractivity contribution in [1.82, 2.24) is 14.5 Å². The topological polar surface area (TPSA) is 30.7 Å². The van der Waals surface area contributed by atoms with Crippen molar-refractivity contribution in [2.45, 2.75) is 6.92 Å². The number of fused-ring (bicyclic) bond motifs is 3. The van der Waals surface area contributed by atoms with Crippen LogP contribution in [-0.4, -0.2) is 14.5 Å². The molecule has 0 saturated heterocycles. The van der Waals surface area contributed by atoms with Crippen LogP contribution in [0, 0.1) is 6.92 Å². The molecule has 0 fully saturated rings. The molecular formula is C35H25N3. The van der Waals surface area contributed by atoms with Gasteiger partial charge in [0, 0.05) is 33.2 Å². The van der Waals surface area contributed by atoms with Gasteiger partial charge in [-0.1, -0.05) is 96.6 Å². The van der Waals surface area contributed by atoms with Crippen molar-refractivity contribution in [3.8, 4) is 39.6 Å². The molecule has 2 heterocycles. The normalized spacial score (nSPS) is 11.3. The van der Waals surface area contributed by atoms with Gasteiger partial charge >= 0.3 is 0 Å². The number of para-hydroxylation sites is 1. The molecule has 38 heavy (non-hydrogen) atoms. The maximum Gasteiger partial charge on any atom is 0.160 e. The second kappa shape index (κ2) is 9.13. The molecule has 5 aromatic carbocycles. The van der Waals surface area contributed by atoms with E-state index >= 15 is 0 Å². The summed E-state index contributed by atoms with van der Waals surface area (Å²) in [6.45, 7) is 2.15. The van der Waals surface area contributed by atoms with Gasteiger partial charge < -0.3 is 4.57 Å². The summed E-state index contributed by atoms with van der Waals surface area (Å²) in [6, 6.07) is 46.6. The highest BCUT2D eigenvalue weighted by atomic mass is 15.0. The smallest absolute Gasteiger partial charge is 0.160 e. The molecule has 0 aliphatic carbocycles. The fourth-order valence-corrected chi connectivity index (χ4v) is 5.22. The summed E-state index contributed by atoms with van der Waals surface area (Å²) in [5.74, 6) is 0.726. The van der Waals surface area contributed by atoms with Gasteiger partial charge in [-0.3, -0.25) is 0 Å². The van der Waals surface area contributed by atoms with Gasteiger partial charge in [-0.15, -0.1) is 0 Å². The van der Waals surface area contributed by atoms with E-state index in [1.54, 1.807) is 0 Å². The number of hydrogen-bond donors (Lipinski definition) is 0. The molecule has 0 atom stereocenters. The Bertz CT molecular complexity index is 1850. The third kappa shape index (κ3) is 3.86. The maximum absolute atomic E-state index is 5.05. The van der Waals surface area contributed by atoms with Crippen molar-refractivity contribution in [3.05, 3.63) is 139 Å². The van der Waals surface area contributed by atoms with Crippen molar-refractivity contribution in [2.24, 2.45) is 0 Å². The van der Waals surface area contributed by atoms with Crippen molar-refractivity contribution >= 4 is 21.8 Å². The molecule has 3 nitrogen and oxygen atoms in total. The van der Waals surface area contributed by atoms with Crippen LogP contribution in [0.15, 0.2) is 133 Å². The first-order chi connectivity index (χ1) is 18.7. The van der Waals surface area contributed by atoms with Crippen molar-refractivity contribution < 1.29 is 0 Å². The molecule has 0 saturated carbocycles. The quantitative estimate of drug-likeness (QED) is 0.248. The molecular weight excluding hydrogens is 462 g/mol. The lowest BCUT2D eigenvalue weighted by molar-refractivity contribution is 1.17. The molecule has 2 aromatic heterocycles. The number of hydrogen-bond acceptors (Lipinski definition) is 2. The highest BCUT2D eigenvalue weighted by Crippen LogP contribution is 2.36. The van der Waals surface area contributed by atoms with E-state index < -0.39 is 0 Å². The fraction of sp³-hybridized carbons (Fsp3) is 0.0286. The average molecular weight is 488 g/mol. The molecule has 7 aromatic rings. The first-order valence-corrected chi connectivity index (χ1v) is 12.9. The maximum atomic E-state index is 5.05. The largest absolute Gasteiger partial charge is 0.309 e. The summed E-state index contributed by atoms with van der Waals surface area (Å²) in [5.41, 5.74) is 9.76. The third-order valence-electron chi connectivity index (χ3n) is 7.06. The number of nitrogens with zero attached hydrogens (tertiary/aromatic N) is 3. The highest BCUT2D eigenvalue weighted by molar-refractivity contribution is 6.10. The van der Waals surface area contributed by atoms with E-state index in [-0.39, 0.29) is 0 Å². The molecule has 0 N–H and O–H groups in total. The number of rotatable bonds is 4. The van der Waals surface area contributed by atoms with E-state index in [2.05, 4.69) is 109 Å². The number of aromatic nitrogens is 3. The van der Waals surface area contributed by atoms with Crippen molar-refractivity contribution in [3.63, 3.8) is 0 Å². The van der Waals surface area contributed by atoms with E-state index in [1.807, 2.05) is 36.4 Å². The summed E-state index contributed by atoms with van der Waals surface area (Å²) in [7, 11) is 0. The van der Waals surface area contributed by atoms with Gasteiger partial charge in [-0.05, 0) is 49.4 Å². The summed E-state index contributed by atoms with van der Waals surface area (Å²) in [4.78, 5) is 10.0. The summed E-state index contributed by atoms with van der Waals surface area (Å²) < 4.78 is 2.35. The standard InChI is InChI=1S/C35H25N3/c1-24-17-19-33-29(21-24)30-22-27(18-20-34(30)38(33)28-15-9-4-10-16-28)32-23-31(25-11-5-2-6-12-25)36-35(37-32)26-13-7-3-8-14-26/h2-23H,1H3. The highest BCUT2D eigenvalue weighted by Gasteiger charge is 2.15. The molecule has 0 aliphatic heterocycles. The van der Waals surface area contributed by atoms with Gasteiger partial charge in [0.15, 0.2) is 5.82 Å². The van der Waals surface area contributed by atoms with Gasteiger partial charge in [0.25, 0.3) is 0 Å². The first kappa shape index (κ1) is 22.2. The fourth-order valence-electron chi connectivity index (χ4n) is 5.22. The zero-order valence-corrected chi connectivity index (χ0v) is 21.0. The number of benzene rings is 5. The lowest BCUT2D eigenvalue weighted by Gasteiger charge is -2.10. The second-order valence-corrected chi connectivity index (χ2v) is 9.62. The zero-order chi connectivity index (χ0) is 25.5. The van der Waals surface area contributed by atoms with Gasteiger partial charge in [0.2, 0.25) is 0 Å². The SMILES string of the molecule is Cc1ccc2c(c1)c1cc(-c3cc(-c4ccccc4)nc(-c4ccccc4)n3)ccc1n2-c1ccccc1. The van der Waals surface area contributed by atoms with Crippen LogP contribution in [0.4, 0.5) is 0 Å². The van der Waals surface area contributed by atoms with Crippen LogP contribution >= 0.6 is 0 Å². The Morgan fingerprint density at radius 1 is 0.474 bits per heavy atom. The minimum Gasteiger partial charge on any atom is -0.309 e. The molecule has 0 radical (unpaired) electrons. The van der Waals surface area contributed by atoms with Gasteiger partial charge in [0.1, 0.15) is 0 Å². The molecule has 0 unspecified atom stereocenters.